The smallest absolute Gasteiger partial charge is 0.250 e. The van der Waals surface area contributed by atoms with Gasteiger partial charge in [-0.15, -0.1) is 0 Å². The van der Waals surface area contributed by atoms with Crippen molar-refractivity contribution in [3.05, 3.63) is 64.1 Å². The third-order valence-corrected chi connectivity index (χ3v) is 4.38. The first-order chi connectivity index (χ1) is 11.5. The van der Waals surface area contributed by atoms with Gasteiger partial charge in [-0.25, -0.2) is 0 Å². The molecule has 2 rings (SSSR count). The summed E-state index contributed by atoms with van der Waals surface area (Å²) in [6.45, 7) is 4.22. The SMILES string of the molecule is COc1ccccc1[C@H](C)N(C)C(=O)CCn1c(C)cccc1=O. The lowest BCUT2D eigenvalue weighted by Gasteiger charge is -2.27. The van der Waals surface area contributed by atoms with Crippen LogP contribution in [0.1, 0.15) is 30.6 Å². The van der Waals surface area contributed by atoms with E-state index in [2.05, 4.69) is 0 Å². The molecule has 0 fully saturated rings. The van der Waals surface area contributed by atoms with E-state index in [9.17, 15) is 9.59 Å². The normalized spacial score (nSPS) is 11.8. The second kappa shape index (κ2) is 7.81. The minimum absolute atomic E-state index is 0.0106. The van der Waals surface area contributed by atoms with Gasteiger partial charge >= 0.3 is 0 Å². The summed E-state index contributed by atoms with van der Waals surface area (Å²) in [6.07, 6.45) is 0.279. The van der Waals surface area contributed by atoms with Gasteiger partial charge in [0.25, 0.3) is 5.56 Å². The molecular formula is C19H24N2O3. The number of nitrogens with zero attached hydrogens (tertiary/aromatic N) is 2. The Bertz CT molecular complexity index is 767. The van der Waals surface area contributed by atoms with Crippen LogP contribution in [0.15, 0.2) is 47.3 Å². The highest BCUT2D eigenvalue weighted by Gasteiger charge is 2.20. The monoisotopic (exact) mass is 328 g/mol. The number of carbonyl (C=O) groups excluding carboxylic acids is 1. The Morgan fingerprint density at radius 2 is 1.92 bits per heavy atom. The molecule has 0 radical (unpaired) electrons. The predicted octanol–water partition coefficient (Wildman–Crippen LogP) is 2.78. The molecule has 1 heterocycles. The van der Waals surface area contributed by atoms with Gasteiger partial charge in [0.2, 0.25) is 5.91 Å². The van der Waals surface area contributed by atoms with Crippen molar-refractivity contribution in [2.75, 3.05) is 14.2 Å². The fourth-order valence-corrected chi connectivity index (χ4v) is 2.73. The van der Waals surface area contributed by atoms with Gasteiger partial charge in [0, 0.05) is 37.3 Å². The number of amides is 1. The van der Waals surface area contributed by atoms with Gasteiger partial charge in [-0.05, 0) is 26.0 Å². The molecule has 128 valence electrons. The van der Waals surface area contributed by atoms with Gasteiger partial charge in [-0.2, -0.15) is 0 Å². The van der Waals surface area contributed by atoms with Crippen LogP contribution in [0.5, 0.6) is 5.75 Å². The largest absolute Gasteiger partial charge is 0.496 e. The Balaban J connectivity index is 2.08. The number of pyridine rings is 1. The second-order valence-corrected chi connectivity index (χ2v) is 5.83. The Hall–Kier alpha value is -2.56. The number of rotatable bonds is 6. The number of aryl methyl sites for hydroxylation is 1. The molecule has 1 aromatic heterocycles. The third-order valence-electron chi connectivity index (χ3n) is 4.38. The van der Waals surface area contributed by atoms with Crippen molar-refractivity contribution in [2.24, 2.45) is 0 Å². The fourth-order valence-electron chi connectivity index (χ4n) is 2.73. The maximum atomic E-state index is 12.5. The third kappa shape index (κ3) is 3.85. The summed E-state index contributed by atoms with van der Waals surface area (Å²) in [5, 5.41) is 0. The van der Waals surface area contributed by atoms with Crippen LogP contribution in [-0.2, 0) is 11.3 Å². The summed E-state index contributed by atoms with van der Waals surface area (Å²) >= 11 is 0. The van der Waals surface area contributed by atoms with E-state index in [1.165, 1.54) is 6.07 Å². The summed E-state index contributed by atoms with van der Waals surface area (Å²) in [4.78, 5) is 26.1. The van der Waals surface area contributed by atoms with E-state index >= 15 is 0 Å². The lowest BCUT2D eigenvalue weighted by Crippen LogP contribution is -2.32. The predicted molar refractivity (Wildman–Crippen MR) is 94.2 cm³/mol. The van der Waals surface area contributed by atoms with Crippen LogP contribution in [0.4, 0.5) is 0 Å². The number of para-hydroxylation sites is 1. The van der Waals surface area contributed by atoms with Gasteiger partial charge in [0.15, 0.2) is 0 Å². The molecule has 0 bridgehead atoms. The number of carbonyl (C=O) groups is 1. The van der Waals surface area contributed by atoms with Crippen LogP contribution in [0.25, 0.3) is 0 Å². The Labute approximate surface area is 142 Å². The van der Waals surface area contributed by atoms with Crippen molar-refractivity contribution in [1.29, 1.82) is 0 Å². The number of benzene rings is 1. The molecule has 2 aromatic rings. The minimum Gasteiger partial charge on any atom is -0.496 e. The number of aromatic nitrogens is 1. The molecule has 1 atom stereocenters. The summed E-state index contributed by atoms with van der Waals surface area (Å²) in [5.41, 5.74) is 1.74. The van der Waals surface area contributed by atoms with Crippen molar-refractivity contribution < 1.29 is 9.53 Å². The molecule has 0 N–H and O–H groups in total. The number of methoxy groups -OCH3 is 1. The van der Waals surface area contributed by atoms with Crippen LogP contribution >= 0.6 is 0 Å². The van der Waals surface area contributed by atoms with E-state index in [1.807, 2.05) is 44.2 Å². The highest BCUT2D eigenvalue weighted by Crippen LogP contribution is 2.28. The summed E-state index contributed by atoms with van der Waals surface area (Å²) in [6, 6.07) is 12.7. The van der Waals surface area contributed by atoms with Gasteiger partial charge in [0.05, 0.1) is 13.2 Å². The van der Waals surface area contributed by atoms with Crippen LogP contribution < -0.4 is 10.3 Å². The summed E-state index contributed by atoms with van der Waals surface area (Å²) < 4.78 is 7.00. The molecule has 0 saturated carbocycles. The Morgan fingerprint density at radius 1 is 1.21 bits per heavy atom. The number of hydrogen-bond donors (Lipinski definition) is 0. The highest BCUT2D eigenvalue weighted by molar-refractivity contribution is 5.76. The first-order valence-corrected chi connectivity index (χ1v) is 8.00. The van der Waals surface area contributed by atoms with E-state index < -0.39 is 0 Å². The molecule has 5 heteroatoms. The molecule has 0 aliphatic carbocycles. The molecule has 5 nitrogen and oxygen atoms in total. The summed E-state index contributed by atoms with van der Waals surface area (Å²) in [5.74, 6) is 0.753. The van der Waals surface area contributed by atoms with Crippen molar-refractivity contribution in [3.63, 3.8) is 0 Å². The molecular weight excluding hydrogens is 304 g/mol. The van der Waals surface area contributed by atoms with E-state index in [0.29, 0.717) is 6.54 Å². The van der Waals surface area contributed by atoms with Crippen LogP contribution in [0.3, 0.4) is 0 Å². The zero-order valence-electron chi connectivity index (χ0n) is 14.7. The zero-order chi connectivity index (χ0) is 17.7. The van der Waals surface area contributed by atoms with Gasteiger partial charge in [-0.3, -0.25) is 9.59 Å². The molecule has 24 heavy (non-hydrogen) atoms. The lowest BCUT2D eigenvalue weighted by molar-refractivity contribution is -0.132. The van der Waals surface area contributed by atoms with Crippen LogP contribution in [0, 0.1) is 6.92 Å². The molecule has 1 amide bonds. The fraction of sp³-hybridized carbons (Fsp3) is 0.368. The molecule has 0 aliphatic rings. The van der Waals surface area contributed by atoms with Crippen molar-refractivity contribution >= 4 is 5.91 Å². The first kappa shape index (κ1) is 17.8. The Kier molecular flexibility index (Phi) is 5.79. The van der Waals surface area contributed by atoms with E-state index in [-0.39, 0.29) is 23.9 Å². The molecule has 0 unspecified atom stereocenters. The highest BCUT2D eigenvalue weighted by atomic mass is 16.5. The second-order valence-electron chi connectivity index (χ2n) is 5.83. The molecule has 0 spiro atoms. The molecule has 0 saturated heterocycles. The van der Waals surface area contributed by atoms with E-state index in [4.69, 9.17) is 4.74 Å². The number of hydrogen-bond acceptors (Lipinski definition) is 3. The van der Waals surface area contributed by atoms with Crippen molar-refractivity contribution in [3.8, 4) is 5.75 Å². The lowest BCUT2D eigenvalue weighted by atomic mass is 10.1. The van der Waals surface area contributed by atoms with Crippen LogP contribution in [-0.4, -0.2) is 29.5 Å². The average molecular weight is 328 g/mol. The quantitative estimate of drug-likeness (QED) is 0.819. The van der Waals surface area contributed by atoms with Gasteiger partial charge in [-0.1, -0.05) is 24.3 Å². The molecule has 0 aliphatic heterocycles. The van der Waals surface area contributed by atoms with E-state index in [0.717, 1.165) is 17.0 Å². The number of ether oxygens (including phenoxy) is 1. The topological polar surface area (TPSA) is 51.5 Å². The van der Waals surface area contributed by atoms with Crippen molar-refractivity contribution in [2.45, 2.75) is 32.9 Å². The molecule has 1 aromatic carbocycles. The maximum Gasteiger partial charge on any atom is 0.250 e. The average Bonchev–Trinajstić information content (AvgIpc) is 2.59. The van der Waals surface area contributed by atoms with E-state index in [1.54, 1.807) is 29.7 Å². The standard InChI is InChI=1S/C19H24N2O3/c1-14-8-7-11-19(23)21(14)13-12-18(22)20(3)15(2)16-9-5-6-10-17(16)24-4/h5-11,15H,12-13H2,1-4H3/t15-/m0/s1. The first-order valence-electron chi connectivity index (χ1n) is 8.00. The Morgan fingerprint density at radius 3 is 2.58 bits per heavy atom. The van der Waals surface area contributed by atoms with Gasteiger partial charge in [0.1, 0.15) is 5.75 Å². The minimum atomic E-state index is -0.109. The van der Waals surface area contributed by atoms with Crippen LogP contribution in [0.2, 0.25) is 0 Å². The van der Waals surface area contributed by atoms with Crippen molar-refractivity contribution in [1.82, 2.24) is 9.47 Å². The van der Waals surface area contributed by atoms with Gasteiger partial charge < -0.3 is 14.2 Å². The maximum absolute atomic E-state index is 12.5. The summed E-state index contributed by atoms with van der Waals surface area (Å²) in [7, 11) is 3.40. The zero-order valence-corrected chi connectivity index (χ0v) is 14.7.